The van der Waals surface area contributed by atoms with Gasteiger partial charge in [0.15, 0.2) is 0 Å². The van der Waals surface area contributed by atoms with E-state index >= 15 is 0 Å². The first-order valence-electron chi connectivity index (χ1n) is 2.69. The Balaban J connectivity index is 2.84. The van der Waals surface area contributed by atoms with Crippen molar-refractivity contribution in [2.24, 2.45) is 0 Å². The van der Waals surface area contributed by atoms with Crippen molar-refractivity contribution in [3.63, 3.8) is 0 Å². The van der Waals surface area contributed by atoms with E-state index < -0.39 is 15.5 Å². The van der Waals surface area contributed by atoms with Crippen LogP contribution in [0, 0.1) is 5.82 Å². The molecule has 1 rings (SSSR count). The van der Waals surface area contributed by atoms with Crippen LogP contribution < -0.4 is 3.79 Å². The fourth-order valence-electron chi connectivity index (χ4n) is 0.596. The normalized spacial score (nSPS) is 8.50. The number of hydrogen-bond donors (Lipinski definition) is 0. The summed E-state index contributed by atoms with van der Waals surface area (Å²) in [5, 5.41) is 0. The molecule has 0 spiro atoms. The summed E-state index contributed by atoms with van der Waals surface area (Å²) < 4.78 is 26.8. The number of halogens is 1. The van der Waals surface area contributed by atoms with Crippen LogP contribution in [0.3, 0.4) is 0 Å². The van der Waals surface area contributed by atoms with Crippen molar-refractivity contribution in [2.75, 3.05) is 0 Å². The Morgan fingerprint density at radius 3 is 2.90 bits per heavy atom. The minimum atomic E-state index is -1.30. The van der Waals surface area contributed by atoms with Crippen LogP contribution >= 0.6 is 0 Å². The fourth-order valence-corrected chi connectivity index (χ4v) is 0.854. The summed E-state index contributed by atoms with van der Waals surface area (Å²) in [5.74, 6) is -0.0737. The summed E-state index contributed by atoms with van der Waals surface area (Å²) in [4.78, 5) is 0. The number of rotatable bonds is 2. The molecule has 0 aromatic heterocycles. The average molecular weight is 154 g/mol. The molecule has 0 atom stereocenters. The van der Waals surface area contributed by atoms with Gasteiger partial charge in [0, 0.05) is 0 Å². The summed E-state index contributed by atoms with van der Waals surface area (Å²) in [6.07, 6.45) is 0. The Bertz CT molecular complexity index is 239. The van der Waals surface area contributed by atoms with Crippen LogP contribution in [0.4, 0.5) is 4.39 Å². The van der Waals surface area contributed by atoms with Gasteiger partial charge in [-0.15, -0.1) is 0 Å². The molecule has 0 heterocycles. The van der Waals surface area contributed by atoms with Crippen LogP contribution in [-0.2, 0) is 3.80 Å². The first-order valence-corrected chi connectivity index (χ1v) is 3.63. The van der Waals surface area contributed by atoms with Crippen molar-refractivity contribution in [3.05, 3.63) is 30.1 Å². The van der Waals surface area contributed by atoms with Gasteiger partial charge in [0.2, 0.25) is 0 Å². The third kappa shape index (κ3) is 1.91. The van der Waals surface area contributed by atoms with Crippen LogP contribution in [-0.4, -0.2) is 15.5 Å². The predicted molar refractivity (Wildman–Crippen MR) is 33.5 cm³/mol. The molecular weight excluding hydrogens is 150 g/mol. The van der Waals surface area contributed by atoms with Gasteiger partial charge >= 0.3 is 63.3 Å². The Labute approximate surface area is 63.9 Å². The molecule has 0 fully saturated rings. The van der Waals surface area contributed by atoms with E-state index in [9.17, 15) is 8.19 Å². The fraction of sp³-hybridized carbons (Fsp3) is 0. The van der Waals surface area contributed by atoms with E-state index in [0.29, 0.717) is 5.75 Å². The maximum absolute atomic E-state index is 12.3. The zero-order chi connectivity index (χ0) is 7.40. The zero-order valence-corrected chi connectivity index (χ0v) is 6.24. The van der Waals surface area contributed by atoms with E-state index in [1.165, 1.54) is 18.2 Å². The Hall–Kier alpha value is -0.718. The van der Waals surface area contributed by atoms with Crippen LogP contribution in [0.2, 0.25) is 0 Å². The van der Waals surface area contributed by atoms with E-state index in [0.717, 1.165) is 0 Å². The second kappa shape index (κ2) is 3.45. The van der Waals surface area contributed by atoms with E-state index in [4.69, 9.17) is 0 Å². The van der Waals surface area contributed by atoms with Crippen molar-refractivity contribution < 1.29 is 12.0 Å². The Kier molecular flexibility index (Phi) is 2.55. The molecular formula is C6H4AlFO2. The molecule has 1 aromatic carbocycles. The molecule has 2 nitrogen and oxygen atoms in total. The van der Waals surface area contributed by atoms with Crippen molar-refractivity contribution in [1.82, 2.24) is 0 Å². The topological polar surface area (TPSA) is 26.3 Å². The van der Waals surface area contributed by atoms with Crippen LogP contribution in [0.25, 0.3) is 0 Å². The van der Waals surface area contributed by atoms with E-state index in [2.05, 4.69) is 3.79 Å². The second-order valence-electron chi connectivity index (χ2n) is 1.67. The van der Waals surface area contributed by atoms with Gasteiger partial charge in [-0.25, -0.2) is 0 Å². The molecule has 0 N–H and O–H groups in total. The van der Waals surface area contributed by atoms with Gasteiger partial charge < -0.3 is 0 Å². The zero-order valence-electron chi connectivity index (χ0n) is 5.08. The predicted octanol–water partition coefficient (Wildman–Crippen LogP) is 1.17. The molecule has 50 valence electrons. The second-order valence-corrected chi connectivity index (χ2v) is 2.10. The first-order chi connectivity index (χ1) is 4.83. The van der Waals surface area contributed by atoms with Gasteiger partial charge in [0.05, 0.1) is 0 Å². The molecule has 4 heteroatoms. The summed E-state index contributed by atoms with van der Waals surface area (Å²) in [6.45, 7) is 0. The van der Waals surface area contributed by atoms with Gasteiger partial charge in [-0.3, -0.25) is 0 Å². The quantitative estimate of drug-likeness (QED) is 0.597. The van der Waals surface area contributed by atoms with Crippen molar-refractivity contribution in [1.29, 1.82) is 0 Å². The van der Waals surface area contributed by atoms with Gasteiger partial charge in [0.25, 0.3) is 0 Å². The molecule has 0 aliphatic rings. The molecule has 0 amide bonds. The van der Waals surface area contributed by atoms with E-state index in [1.54, 1.807) is 6.07 Å². The van der Waals surface area contributed by atoms with Crippen LogP contribution in [0.5, 0.6) is 5.75 Å². The van der Waals surface area contributed by atoms with Gasteiger partial charge in [-0.1, -0.05) is 0 Å². The van der Waals surface area contributed by atoms with Crippen molar-refractivity contribution in [3.8, 4) is 5.75 Å². The summed E-state index contributed by atoms with van der Waals surface area (Å²) >= 11 is -1.30. The average Bonchev–Trinajstić information content (AvgIpc) is 1.88. The van der Waals surface area contributed by atoms with E-state index in [1.807, 2.05) is 0 Å². The first kappa shape index (κ1) is 7.39. The Morgan fingerprint density at radius 1 is 1.50 bits per heavy atom. The van der Waals surface area contributed by atoms with Gasteiger partial charge in [0.1, 0.15) is 0 Å². The van der Waals surface area contributed by atoms with E-state index in [-0.39, 0.29) is 5.82 Å². The standard InChI is InChI=1S/C6H5FO.Al.O/c7-5-2-1-3-6(8)4-5;;/h1-4,8H;;/q;+1;/p-1. The van der Waals surface area contributed by atoms with Crippen molar-refractivity contribution >= 4 is 15.5 Å². The summed E-state index contributed by atoms with van der Waals surface area (Å²) in [5.41, 5.74) is 0. The van der Waals surface area contributed by atoms with Crippen LogP contribution in [0.1, 0.15) is 0 Å². The SMILES string of the molecule is [O]=[Al][O]c1cccc(F)c1. The molecule has 0 aliphatic heterocycles. The molecule has 10 heavy (non-hydrogen) atoms. The Morgan fingerprint density at radius 2 is 2.30 bits per heavy atom. The van der Waals surface area contributed by atoms with Gasteiger partial charge in [-0.2, -0.15) is 0 Å². The van der Waals surface area contributed by atoms with Crippen LogP contribution in [0.15, 0.2) is 24.3 Å². The third-order valence-corrected chi connectivity index (χ3v) is 1.35. The van der Waals surface area contributed by atoms with Gasteiger partial charge in [-0.05, 0) is 0 Å². The molecule has 0 radical (unpaired) electrons. The molecule has 0 saturated heterocycles. The molecule has 0 saturated carbocycles. The molecule has 0 aliphatic carbocycles. The molecule has 0 unspecified atom stereocenters. The molecule has 0 bridgehead atoms. The summed E-state index contributed by atoms with van der Waals surface area (Å²) in [6, 6.07) is 5.53. The molecule has 1 aromatic rings. The summed E-state index contributed by atoms with van der Waals surface area (Å²) in [7, 11) is 0. The number of benzene rings is 1. The van der Waals surface area contributed by atoms with Crippen molar-refractivity contribution in [2.45, 2.75) is 0 Å². The monoisotopic (exact) mass is 154 g/mol. The minimum absolute atomic E-state index is 0.310. The number of hydrogen-bond acceptors (Lipinski definition) is 2. The maximum atomic E-state index is 12.3. The third-order valence-electron chi connectivity index (χ3n) is 0.980.